The second-order valence-electron chi connectivity index (χ2n) is 4.36. The molecule has 2 atom stereocenters. The summed E-state index contributed by atoms with van der Waals surface area (Å²) in [7, 11) is 0. The zero-order valence-corrected chi connectivity index (χ0v) is 10.0. The van der Waals surface area contributed by atoms with Gasteiger partial charge in [0, 0.05) is 44.6 Å². The first-order valence-corrected chi connectivity index (χ1v) is 5.96. The largest absolute Gasteiger partial charge is 0.353 e. The topological polar surface area (TPSA) is 71.0 Å². The Labute approximate surface area is 101 Å². The van der Waals surface area contributed by atoms with E-state index < -0.39 is 0 Å². The zero-order valence-electron chi connectivity index (χ0n) is 10.0. The summed E-state index contributed by atoms with van der Waals surface area (Å²) in [6.45, 7) is 5.00. The molecule has 2 unspecified atom stereocenters. The molecule has 17 heavy (non-hydrogen) atoms. The summed E-state index contributed by atoms with van der Waals surface area (Å²) < 4.78 is 1.94. The Bertz CT molecular complexity index is 343. The molecule has 1 saturated heterocycles. The maximum atomic E-state index is 11.8. The number of imidazole rings is 1. The minimum absolute atomic E-state index is 0.0597. The van der Waals surface area contributed by atoms with Crippen molar-refractivity contribution in [1.82, 2.24) is 25.5 Å². The van der Waals surface area contributed by atoms with Crippen LogP contribution in [0.5, 0.6) is 0 Å². The van der Waals surface area contributed by atoms with E-state index in [0.717, 1.165) is 13.1 Å². The fourth-order valence-electron chi connectivity index (χ4n) is 1.82. The van der Waals surface area contributed by atoms with Crippen molar-refractivity contribution in [1.29, 1.82) is 0 Å². The molecule has 3 N–H and O–H groups in total. The average molecular weight is 237 g/mol. The third kappa shape index (κ3) is 3.54. The minimum Gasteiger partial charge on any atom is -0.353 e. The summed E-state index contributed by atoms with van der Waals surface area (Å²) in [4.78, 5) is 15.7. The molecule has 0 saturated carbocycles. The third-order valence-corrected chi connectivity index (χ3v) is 2.89. The Kier molecular flexibility index (Phi) is 4.11. The Hall–Kier alpha value is -1.40. The van der Waals surface area contributed by atoms with Gasteiger partial charge in [-0.15, -0.1) is 0 Å². The van der Waals surface area contributed by atoms with Crippen LogP contribution in [-0.2, 0) is 11.3 Å². The van der Waals surface area contributed by atoms with Gasteiger partial charge in [0.25, 0.3) is 0 Å². The molecule has 0 aromatic carbocycles. The second kappa shape index (κ2) is 5.79. The van der Waals surface area contributed by atoms with Crippen molar-refractivity contribution >= 4 is 5.91 Å². The molecule has 94 valence electrons. The summed E-state index contributed by atoms with van der Waals surface area (Å²) in [6.07, 6.45) is 5.36. The number of hydrogen-bond acceptors (Lipinski definition) is 4. The molecule has 6 heteroatoms. The third-order valence-electron chi connectivity index (χ3n) is 2.89. The van der Waals surface area contributed by atoms with Crippen molar-refractivity contribution in [3.05, 3.63) is 18.7 Å². The van der Waals surface area contributed by atoms with E-state index in [9.17, 15) is 4.79 Å². The number of aromatic nitrogens is 2. The monoisotopic (exact) mass is 237 g/mol. The van der Waals surface area contributed by atoms with E-state index in [2.05, 4.69) is 27.9 Å². The van der Waals surface area contributed by atoms with E-state index in [1.54, 1.807) is 12.5 Å². The van der Waals surface area contributed by atoms with Gasteiger partial charge in [0.2, 0.25) is 5.91 Å². The fraction of sp³-hybridized carbons (Fsp3) is 0.636. The summed E-state index contributed by atoms with van der Waals surface area (Å²) in [5.41, 5.74) is 0. The highest BCUT2D eigenvalue weighted by Gasteiger charge is 2.22. The molecule has 0 spiro atoms. The van der Waals surface area contributed by atoms with Gasteiger partial charge in [0.15, 0.2) is 0 Å². The van der Waals surface area contributed by atoms with Crippen LogP contribution in [0.1, 0.15) is 6.92 Å². The molecule has 1 aliphatic heterocycles. The van der Waals surface area contributed by atoms with Crippen LogP contribution in [0.25, 0.3) is 0 Å². The molecule has 6 nitrogen and oxygen atoms in total. The maximum Gasteiger partial charge on any atom is 0.238 e. The molecular weight excluding hydrogens is 218 g/mol. The van der Waals surface area contributed by atoms with Crippen molar-refractivity contribution < 1.29 is 4.79 Å². The molecule has 2 heterocycles. The number of carbonyl (C=O) groups is 1. The average Bonchev–Trinajstić information content (AvgIpc) is 2.83. The molecule has 1 amide bonds. The van der Waals surface area contributed by atoms with Gasteiger partial charge in [-0.3, -0.25) is 4.79 Å². The van der Waals surface area contributed by atoms with E-state index in [1.165, 1.54) is 0 Å². The normalized spacial score (nSPS) is 24.5. The van der Waals surface area contributed by atoms with Gasteiger partial charge in [0.05, 0.1) is 12.4 Å². The number of amides is 1. The van der Waals surface area contributed by atoms with Crippen LogP contribution in [0.15, 0.2) is 18.7 Å². The lowest BCUT2D eigenvalue weighted by Crippen LogP contribution is -2.59. The minimum atomic E-state index is -0.117. The van der Waals surface area contributed by atoms with Gasteiger partial charge in [0.1, 0.15) is 0 Å². The molecule has 2 rings (SSSR count). The van der Waals surface area contributed by atoms with Crippen molar-refractivity contribution in [3.8, 4) is 0 Å². The first-order valence-electron chi connectivity index (χ1n) is 5.96. The van der Waals surface area contributed by atoms with Gasteiger partial charge >= 0.3 is 0 Å². The molecule has 1 aromatic rings. The summed E-state index contributed by atoms with van der Waals surface area (Å²) in [5, 5.41) is 9.41. The molecule has 1 fully saturated rings. The predicted octanol–water partition coefficient (Wildman–Crippen LogP) is -1.05. The molecule has 0 bridgehead atoms. The van der Waals surface area contributed by atoms with E-state index >= 15 is 0 Å². The number of rotatable bonds is 4. The molecule has 1 aliphatic rings. The van der Waals surface area contributed by atoms with Gasteiger partial charge in [-0.05, 0) is 6.92 Å². The van der Waals surface area contributed by atoms with Crippen LogP contribution in [0.4, 0.5) is 0 Å². The van der Waals surface area contributed by atoms with E-state index in [1.807, 2.05) is 10.8 Å². The summed E-state index contributed by atoms with van der Waals surface area (Å²) in [5.74, 6) is 0.0597. The lowest BCUT2D eigenvalue weighted by Gasteiger charge is -2.28. The lowest BCUT2D eigenvalue weighted by molar-refractivity contribution is -0.123. The molecule has 0 aliphatic carbocycles. The van der Waals surface area contributed by atoms with E-state index in [0.29, 0.717) is 19.1 Å². The number of hydrogen-bond donors (Lipinski definition) is 3. The van der Waals surface area contributed by atoms with Crippen LogP contribution in [-0.4, -0.2) is 47.2 Å². The SMILES string of the molecule is CC1CNC(C(=O)NCCn2ccnc2)CN1. The summed E-state index contributed by atoms with van der Waals surface area (Å²) in [6, 6.07) is 0.319. The Balaban J connectivity index is 1.67. The number of carbonyl (C=O) groups excluding carboxylic acids is 1. The number of nitrogens with zero attached hydrogens (tertiary/aromatic N) is 2. The van der Waals surface area contributed by atoms with Gasteiger partial charge in [-0.25, -0.2) is 4.98 Å². The Morgan fingerprint density at radius 1 is 1.53 bits per heavy atom. The predicted molar refractivity (Wildman–Crippen MR) is 64.5 cm³/mol. The van der Waals surface area contributed by atoms with Gasteiger partial charge < -0.3 is 20.5 Å². The first-order chi connectivity index (χ1) is 8.25. The van der Waals surface area contributed by atoms with Crippen LogP contribution < -0.4 is 16.0 Å². The van der Waals surface area contributed by atoms with Crippen LogP contribution in [0, 0.1) is 0 Å². The van der Waals surface area contributed by atoms with Crippen molar-refractivity contribution in [3.63, 3.8) is 0 Å². The Morgan fingerprint density at radius 2 is 2.41 bits per heavy atom. The lowest BCUT2D eigenvalue weighted by atomic mass is 10.1. The van der Waals surface area contributed by atoms with Crippen molar-refractivity contribution in [2.24, 2.45) is 0 Å². The highest BCUT2D eigenvalue weighted by molar-refractivity contribution is 5.82. The van der Waals surface area contributed by atoms with Crippen LogP contribution >= 0.6 is 0 Å². The maximum absolute atomic E-state index is 11.8. The Morgan fingerprint density at radius 3 is 3.06 bits per heavy atom. The second-order valence-corrected chi connectivity index (χ2v) is 4.36. The van der Waals surface area contributed by atoms with Crippen molar-refractivity contribution in [2.45, 2.75) is 25.6 Å². The summed E-state index contributed by atoms with van der Waals surface area (Å²) >= 11 is 0. The first kappa shape index (κ1) is 12.1. The highest BCUT2D eigenvalue weighted by Crippen LogP contribution is 1.93. The molecule has 1 aromatic heterocycles. The molecular formula is C11H19N5O. The smallest absolute Gasteiger partial charge is 0.238 e. The standard InChI is InChI=1S/C11H19N5O/c1-9-6-15-10(7-14-9)11(17)13-3-5-16-4-2-12-8-16/h2,4,8-10,14-15H,3,5-7H2,1H3,(H,13,17). The van der Waals surface area contributed by atoms with E-state index in [-0.39, 0.29) is 11.9 Å². The highest BCUT2D eigenvalue weighted by atomic mass is 16.2. The molecule has 0 radical (unpaired) electrons. The van der Waals surface area contributed by atoms with Gasteiger partial charge in [-0.2, -0.15) is 0 Å². The van der Waals surface area contributed by atoms with Gasteiger partial charge in [-0.1, -0.05) is 0 Å². The quantitative estimate of drug-likeness (QED) is 0.625. The van der Waals surface area contributed by atoms with Crippen molar-refractivity contribution in [2.75, 3.05) is 19.6 Å². The number of nitrogens with one attached hydrogen (secondary N) is 3. The zero-order chi connectivity index (χ0) is 12.1. The fourth-order valence-corrected chi connectivity index (χ4v) is 1.82. The van der Waals surface area contributed by atoms with Crippen LogP contribution in [0.2, 0.25) is 0 Å². The van der Waals surface area contributed by atoms with E-state index in [4.69, 9.17) is 0 Å². The van der Waals surface area contributed by atoms with Crippen LogP contribution in [0.3, 0.4) is 0 Å². The number of piperazine rings is 1.